The Bertz CT molecular complexity index is 248. The molecule has 1 rings (SSSR count). The fraction of sp³-hybridized carbons (Fsp3) is 0.250. The smallest absolute Gasteiger partial charge is 0.406 e. The van der Waals surface area contributed by atoms with Crippen LogP contribution in [-0.4, -0.2) is 6.36 Å². The molecule has 0 unspecified atom stereocenters. The van der Waals surface area contributed by atoms with E-state index in [0.717, 1.165) is 5.57 Å². The van der Waals surface area contributed by atoms with Crippen LogP contribution in [0.25, 0.3) is 0 Å². The van der Waals surface area contributed by atoms with Gasteiger partial charge in [-0.05, 0) is 18.6 Å². The Kier molecular flexibility index (Phi) is 2.26. The number of ether oxygens (including phenoxy) is 1. The first-order chi connectivity index (χ1) is 5.47. The van der Waals surface area contributed by atoms with Gasteiger partial charge in [0.25, 0.3) is 0 Å². The molecule has 0 aromatic heterocycles. The molecule has 0 heterocycles. The quantitative estimate of drug-likeness (QED) is 0.596. The second kappa shape index (κ2) is 3.05. The third-order valence-corrected chi connectivity index (χ3v) is 1.28. The molecule has 0 spiro atoms. The molecule has 1 aliphatic carbocycles. The summed E-state index contributed by atoms with van der Waals surface area (Å²) in [7, 11) is 0. The van der Waals surface area contributed by atoms with Gasteiger partial charge in [-0.15, -0.1) is 13.2 Å². The Morgan fingerprint density at radius 2 is 2.00 bits per heavy atom. The van der Waals surface area contributed by atoms with Gasteiger partial charge in [-0.1, -0.05) is 18.2 Å². The molecule has 0 aromatic carbocycles. The van der Waals surface area contributed by atoms with Gasteiger partial charge in [0.05, 0.1) is 0 Å². The van der Waals surface area contributed by atoms with Crippen LogP contribution in [0.2, 0.25) is 0 Å². The lowest BCUT2D eigenvalue weighted by atomic mass is 10.1. The molecule has 0 aromatic rings. The first-order valence-electron chi connectivity index (χ1n) is 3.29. The van der Waals surface area contributed by atoms with E-state index in [2.05, 4.69) is 11.3 Å². The molecule has 1 nitrogen and oxygen atoms in total. The Balaban J connectivity index is 2.57. The topological polar surface area (TPSA) is 9.23 Å². The van der Waals surface area contributed by atoms with Crippen LogP contribution in [0.1, 0.15) is 6.42 Å². The van der Waals surface area contributed by atoms with E-state index in [4.69, 9.17) is 0 Å². The molecule has 0 bridgehead atoms. The van der Waals surface area contributed by atoms with E-state index in [0.29, 0.717) is 6.42 Å². The molecule has 0 atom stereocenters. The minimum Gasteiger partial charge on any atom is -0.406 e. The van der Waals surface area contributed by atoms with Crippen LogP contribution in [0.15, 0.2) is 36.1 Å². The molecule has 12 heavy (non-hydrogen) atoms. The summed E-state index contributed by atoms with van der Waals surface area (Å²) in [4.78, 5) is 0. The minimum absolute atomic E-state index is 0.171. The van der Waals surface area contributed by atoms with Crippen LogP contribution in [0.3, 0.4) is 0 Å². The number of hydrogen-bond donors (Lipinski definition) is 0. The van der Waals surface area contributed by atoms with E-state index < -0.39 is 6.36 Å². The molecule has 0 amide bonds. The van der Waals surface area contributed by atoms with Crippen LogP contribution in [0, 0.1) is 0 Å². The maximum Gasteiger partial charge on any atom is 0.573 e. The predicted molar refractivity (Wildman–Crippen MR) is 38.1 cm³/mol. The minimum atomic E-state index is -4.60. The number of halogens is 3. The van der Waals surface area contributed by atoms with Crippen molar-refractivity contribution in [2.45, 2.75) is 12.8 Å². The fourth-order valence-corrected chi connectivity index (χ4v) is 0.777. The van der Waals surface area contributed by atoms with Crippen LogP contribution in [0.5, 0.6) is 0 Å². The zero-order chi connectivity index (χ0) is 9.19. The molecule has 66 valence electrons. The third-order valence-electron chi connectivity index (χ3n) is 1.28. The Morgan fingerprint density at radius 3 is 2.42 bits per heavy atom. The molecule has 0 fully saturated rings. The average molecular weight is 176 g/mol. The van der Waals surface area contributed by atoms with E-state index in [-0.39, 0.29) is 5.76 Å². The van der Waals surface area contributed by atoms with Gasteiger partial charge in [-0.2, -0.15) is 0 Å². The van der Waals surface area contributed by atoms with E-state index in [9.17, 15) is 13.2 Å². The van der Waals surface area contributed by atoms with Gasteiger partial charge in [0.2, 0.25) is 0 Å². The van der Waals surface area contributed by atoms with Crippen LogP contribution < -0.4 is 0 Å². The van der Waals surface area contributed by atoms with Gasteiger partial charge in [-0.25, -0.2) is 0 Å². The van der Waals surface area contributed by atoms with Crippen molar-refractivity contribution in [3.63, 3.8) is 0 Å². The van der Waals surface area contributed by atoms with Crippen LogP contribution >= 0.6 is 0 Å². The first-order valence-corrected chi connectivity index (χ1v) is 3.29. The number of allylic oxidation sites excluding steroid dienone is 4. The molecule has 4 heteroatoms. The van der Waals surface area contributed by atoms with Crippen molar-refractivity contribution < 1.29 is 17.9 Å². The lowest BCUT2D eigenvalue weighted by molar-refractivity contribution is -0.303. The zero-order valence-electron chi connectivity index (χ0n) is 6.19. The van der Waals surface area contributed by atoms with Gasteiger partial charge in [0.1, 0.15) is 5.76 Å². The SMILES string of the molecule is C=C1C=CC(OC(F)(F)F)=CC1. The molecular formula is C8H7F3O. The highest BCUT2D eigenvalue weighted by molar-refractivity contribution is 5.30. The molecular weight excluding hydrogens is 169 g/mol. The standard InChI is InChI=1S/C8H7F3O/c1-6-2-4-7(5-3-6)12-8(9,10)11/h2,4-5H,1,3H2. The summed E-state index contributed by atoms with van der Waals surface area (Å²) in [5.41, 5.74) is 0.768. The Labute approximate surface area is 67.8 Å². The summed E-state index contributed by atoms with van der Waals surface area (Å²) in [6.45, 7) is 3.58. The van der Waals surface area contributed by atoms with E-state index >= 15 is 0 Å². The van der Waals surface area contributed by atoms with Crippen molar-refractivity contribution in [3.05, 3.63) is 36.1 Å². The van der Waals surface area contributed by atoms with Gasteiger partial charge in [0, 0.05) is 0 Å². The largest absolute Gasteiger partial charge is 0.573 e. The normalized spacial score (nSPS) is 17.6. The molecule has 0 aliphatic heterocycles. The average Bonchev–Trinajstić information content (AvgIpc) is 1.91. The van der Waals surface area contributed by atoms with Gasteiger partial charge in [-0.3, -0.25) is 0 Å². The molecule has 0 N–H and O–H groups in total. The highest BCUT2D eigenvalue weighted by Crippen LogP contribution is 2.24. The van der Waals surface area contributed by atoms with E-state index in [1.165, 1.54) is 18.2 Å². The van der Waals surface area contributed by atoms with Crippen LogP contribution in [0.4, 0.5) is 13.2 Å². The predicted octanol–water partition coefficient (Wildman–Crippen LogP) is 2.92. The van der Waals surface area contributed by atoms with Gasteiger partial charge >= 0.3 is 6.36 Å². The summed E-state index contributed by atoms with van der Waals surface area (Å²) in [6.07, 6.45) is -0.104. The van der Waals surface area contributed by atoms with Crippen LogP contribution in [-0.2, 0) is 4.74 Å². The van der Waals surface area contributed by atoms with Gasteiger partial charge < -0.3 is 4.74 Å². The highest BCUT2D eigenvalue weighted by Gasteiger charge is 2.31. The second-order valence-corrected chi connectivity index (χ2v) is 2.35. The number of rotatable bonds is 1. The number of alkyl halides is 3. The summed E-state index contributed by atoms with van der Waals surface area (Å²) in [5.74, 6) is -0.171. The second-order valence-electron chi connectivity index (χ2n) is 2.35. The summed E-state index contributed by atoms with van der Waals surface area (Å²) >= 11 is 0. The fourth-order valence-electron chi connectivity index (χ4n) is 0.777. The maximum atomic E-state index is 11.6. The Hall–Kier alpha value is -1.19. The van der Waals surface area contributed by atoms with Crippen molar-refractivity contribution in [1.82, 2.24) is 0 Å². The van der Waals surface area contributed by atoms with Crippen molar-refractivity contribution in [2.75, 3.05) is 0 Å². The summed E-state index contributed by atoms with van der Waals surface area (Å²) in [5, 5.41) is 0. The van der Waals surface area contributed by atoms with Crippen molar-refractivity contribution in [1.29, 1.82) is 0 Å². The molecule has 0 saturated heterocycles. The lowest BCUT2D eigenvalue weighted by Crippen LogP contribution is -2.12. The van der Waals surface area contributed by atoms with Crippen molar-refractivity contribution >= 4 is 0 Å². The van der Waals surface area contributed by atoms with Crippen molar-refractivity contribution in [3.8, 4) is 0 Å². The van der Waals surface area contributed by atoms with Gasteiger partial charge in [0.15, 0.2) is 0 Å². The highest BCUT2D eigenvalue weighted by atomic mass is 19.4. The Morgan fingerprint density at radius 1 is 1.33 bits per heavy atom. The number of hydrogen-bond acceptors (Lipinski definition) is 1. The van der Waals surface area contributed by atoms with Crippen molar-refractivity contribution in [2.24, 2.45) is 0 Å². The molecule has 0 radical (unpaired) electrons. The molecule has 1 aliphatic rings. The monoisotopic (exact) mass is 176 g/mol. The summed E-state index contributed by atoms with van der Waals surface area (Å²) < 4.78 is 38.5. The third kappa shape index (κ3) is 2.82. The zero-order valence-corrected chi connectivity index (χ0v) is 6.19. The maximum absolute atomic E-state index is 11.6. The molecule has 0 saturated carbocycles. The van der Waals surface area contributed by atoms with E-state index in [1.807, 2.05) is 0 Å². The summed E-state index contributed by atoms with van der Waals surface area (Å²) in [6, 6.07) is 0. The van der Waals surface area contributed by atoms with E-state index in [1.54, 1.807) is 0 Å². The lowest BCUT2D eigenvalue weighted by Gasteiger charge is -2.12. The first kappa shape index (κ1) is 8.90.